The summed E-state index contributed by atoms with van der Waals surface area (Å²) in [5.41, 5.74) is 0.511. The quantitative estimate of drug-likeness (QED) is 0.609. The molecule has 0 aliphatic heterocycles. The van der Waals surface area contributed by atoms with E-state index >= 15 is 0 Å². The number of aromatic amines is 1. The Morgan fingerprint density at radius 3 is 2.86 bits per heavy atom. The maximum atomic E-state index is 12.0. The number of nitrogens with one attached hydrogen (secondary N) is 2. The maximum absolute atomic E-state index is 12.0. The van der Waals surface area contributed by atoms with E-state index in [1.165, 1.54) is 5.39 Å². The van der Waals surface area contributed by atoms with Crippen molar-refractivity contribution in [2.24, 2.45) is 0 Å². The van der Waals surface area contributed by atoms with Gasteiger partial charge in [-0.25, -0.2) is 0 Å². The largest absolute Gasteiger partial charge is 0.465 e. The molecule has 0 spiro atoms. The minimum absolute atomic E-state index is 0.190. The standard InChI is InChI=1S/C16H22N2O2S/c1-4-20-15(19)16(2,17-3)9-10-21-14-11-12-7-5-6-8-13(12)18-14/h5-8,11,17-18H,4,9-10H2,1-3H3. The monoisotopic (exact) mass is 306 g/mol. The fraction of sp³-hybridized carbons (Fsp3) is 0.438. The number of ether oxygens (including phenoxy) is 1. The minimum atomic E-state index is -0.630. The number of hydrogen-bond acceptors (Lipinski definition) is 4. The average molecular weight is 306 g/mol. The lowest BCUT2D eigenvalue weighted by Gasteiger charge is -2.26. The highest BCUT2D eigenvalue weighted by Gasteiger charge is 2.32. The second-order valence-corrected chi connectivity index (χ2v) is 6.26. The molecule has 0 aliphatic carbocycles. The fourth-order valence-corrected chi connectivity index (χ4v) is 3.23. The zero-order valence-electron chi connectivity index (χ0n) is 12.7. The lowest BCUT2D eigenvalue weighted by Crippen LogP contribution is -2.49. The molecule has 4 nitrogen and oxygen atoms in total. The van der Waals surface area contributed by atoms with Crippen molar-refractivity contribution in [1.82, 2.24) is 10.3 Å². The van der Waals surface area contributed by atoms with Gasteiger partial charge in [0.15, 0.2) is 0 Å². The van der Waals surface area contributed by atoms with Crippen molar-refractivity contribution in [3.05, 3.63) is 30.3 Å². The van der Waals surface area contributed by atoms with Gasteiger partial charge in [0.25, 0.3) is 0 Å². The second-order valence-electron chi connectivity index (χ2n) is 5.12. The SMILES string of the molecule is CCOC(=O)C(C)(CCSc1cc2ccccc2[nH]1)NC. The number of thioether (sulfide) groups is 1. The van der Waals surface area contributed by atoms with Gasteiger partial charge >= 0.3 is 5.97 Å². The molecule has 0 amide bonds. The van der Waals surface area contributed by atoms with E-state index in [1.54, 1.807) is 18.8 Å². The number of benzene rings is 1. The van der Waals surface area contributed by atoms with Crippen LogP contribution in [0.2, 0.25) is 0 Å². The molecule has 5 heteroatoms. The Labute approximate surface area is 129 Å². The van der Waals surface area contributed by atoms with Crippen molar-refractivity contribution in [3.8, 4) is 0 Å². The van der Waals surface area contributed by atoms with Crippen LogP contribution in [-0.4, -0.2) is 35.9 Å². The number of H-pyrrole nitrogens is 1. The van der Waals surface area contributed by atoms with Crippen LogP contribution in [0, 0.1) is 0 Å². The number of likely N-dealkylation sites (N-methyl/N-ethyl adjacent to an activating group) is 1. The number of esters is 1. The molecular weight excluding hydrogens is 284 g/mol. The van der Waals surface area contributed by atoms with Crippen molar-refractivity contribution >= 4 is 28.6 Å². The normalized spacial score (nSPS) is 14.0. The van der Waals surface area contributed by atoms with Crippen LogP contribution in [0.25, 0.3) is 10.9 Å². The van der Waals surface area contributed by atoms with Gasteiger partial charge in [0, 0.05) is 16.7 Å². The maximum Gasteiger partial charge on any atom is 0.326 e. The third-order valence-electron chi connectivity index (χ3n) is 3.64. The molecule has 1 aromatic carbocycles. The summed E-state index contributed by atoms with van der Waals surface area (Å²) < 4.78 is 5.13. The number of carbonyl (C=O) groups excluding carboxylic acids is 1. The zero-order valence-corrected chi connectivity index (χ0v) is 13.5. The summed E-state index contributed by atoms with van der Waals surface area (Å²) in [6.45, 7) is 4.12. The summed E-state index contributed by atoms with van der Waals surface area (Å²) in [5.74, 6) is 0.646. The van der Waals surface area contributed by atoms with Crippen molar-refractivity contribution in [2.75, 3.05) is 19.4 Å². The predicted octanol–water partition coefficient (Wildman–Crippen LogP) is 3.19. The number of fused-ring (bicyclic) bond motifs is 1. The third-order valence-corrected chi connectivity index (χ3v) is 4.58. The summed E-state index contributed by atoms with van der Waals surface area (Å²) in [5, 5.41) is 5.41. The van der Waals surface area contributed by atoms with Gasteiger partial charge in [0.05, 0.1) is 11.6 Å². The van der Waals surface area contributed by atoms with Crippen molar-refractivity contribution in [1.29, 1.82) is 0 Å². The van der Waals surface area contributed by atoms with Gasteiger partial charge in [0.2, 0.25) is 0 Å². The lowest BCUT2D eigenvalue weighted by molar-refractivity contribution is -0.150. The molecule has 0 saturated heterocycles. The topological polar surface area (TPSA) is 54.1 Å². The first-order chi connectivity index (χ1) is 10.1. The van der Waals surface area contributed by atoms with Crippen LogP contribution in [0.4, 0.5) is 0 Å². The summed E-state index contributed by atoms with van der Waals surface area (Å²) in [6, 6.07) is 10.3. The van der Waals surface area contributed by atoms with Crippen LogP contribution >= 0.6 is 11.8 Å². The highest BCUT2D eigenvalue weighted by Crippen LogP contribution is 2.25. The Balaban J connectivity index is 1.94. The first-order valence-electron chi connectivity index (χ1n) is 7.16. The van der Waals surface area contributed by atoms with Gasteiger partial charge in [0.1, 0.15) is 5.54 Å². The molecule has 2 aromatic rings. The number of rotatable bonds is 7. The van der Waals surface area contributed by atoms with Crippen LogP contribution in [0.15, 0.2) is 35.4 Å². The molecule has 114 valence electrons. The van der Waals surface area contributed by atoms with E-state index < -0.39 is 5.54 Å². The number of carbonyl (C=O) groups is 1. The molecule has 1 heterocycles. The van der Waals surface area contributed by atoms with E-state index in [0.717, 1.165) is 16.3 Å². The van der Waals surface area contributed by atoms with Crippen LogP contribution in [-0.2, 0) is 9.53 Å². The van der Waals surface area contributed by atoms with E-state index in [2.05, 4.69) is 28.5 Å². The van der Waals surface area contributed by atoms with Crippen molar-refractivity contribution in [2.45, 2.75) is 30.8 Å². The number of aromatic nitrogens is 1. The van der Waals surface area contributed by atoms with Crippen LogP contribution in [0.3, 0.4) is 0 Å². The predicted molar refractivity (Wildman–Crippen MR) is 87.7 cm³/mol. The molecule has 21 heavy (non-hydrogen) atoms. The Hall–Kier alpha value is -1.46. The van der Waals surface area contributed by atoms with Gasteiger partial charge in [-0.05, 0) is 39.4 Å². The van der Waals surface area contributed by atoms with Gasteiger partial charge in [-0.1, -0.05) is 18.2 Å². The first kappa shape index (κ1) is 15.9. The molecular formula is C16H22N2O2S. The zero-order chi connectivity index (χ0) is 15.3. The van der Waals surface area contributed by atoms with E-state index in [9.17, 15) is 4.79 Å². The molecule has 0 aliphatic rings. The summed E-state index contributed by atoms with van der Waals surface area (Å²) >= 11 is 1.72. The highest BCUT2D eigenvalue weighted by atomic mass is 32.2. The van der Waals surface area contributed by atoms with Crippen molar-refractivity contribution < 1.29 is 9.53 Å². The Kier molecular flexibility index (Phi) is 5.31. The summed E-state index contributed by atoms with van der Waals surface area (Å²) in [7, 11) is 1.80. The fourth-order valence-electron chi connectivity index (χ4n) is 2.11. The third kappa shape index (κ3) is 3.80. The van der Waals surface area contributed by atoms with Crippen LogP contribution in [0.1, 0.15) is 20.3 Å². The first-order valence-corrected chi connectivity index (χ1v) is 8.14. The lowest BCUT2D eigenvalue weighted by atomic mass is 10.00. The van der Waals surface area contributed by atoms with Gasteiger partial charge in [-0.15, -0.1) is 11.8 Å². The molecule has 1 aromatic heterocycles. The van der Waals surface area contributed by atoms with Gasteiger partial charge in [-0.3, -0.25) is 4.79 Å². The van der Waals surface area contributed by atoms with E-state index in [-0.39, 0.29) is 5.97 Å². The van der Waals surface area contributed by atoms with Crippen LogP contribution in [0.5, 0.6) is 0 Å². The molecule has 0 fully saturated rings. The molecule has 0 radical (unpaired) electrons. The molecule has 1 unspecified atom stereocenters. The Morgan fingerprint density at radius 2 is 2.19 bits per heavy atom. The second kappa shape index (κ2) is 7.00. The van der Waals surface area contributed by atoms with E-state index in [4.69, 9.17) is 4.74 Å². The van der Waals surface area contributed by atoms with E-state index in [0.29, 0.717) is 13.0 Å². The highest BCUT2D eigenvalue weighted by molar-refractivity contribution is 7.99. The van der Waals surface area contributed by atoms with Crippen LogP contribution < -0.4 is 5.32 Å². The number of para-hydroxylation sites is 1. The molecule has 2 N–H and O–H groups in total. The smallest absolute Gasteiger partial charge is 0.326 e. The van der Waals surface area contributed by atoms with Gasteiger partial charge in [-0.2, -0.15) is 0 Å². The van der Waals surface area contributed by atoms with Crippen molar-refractivity contribution in [3.63, 3.8) is 0 Å². The summed E-state index contributed by atoms with van der Waals surface area (Å²) in [6.07, 6.45) is 0.711. The molecule has 2 rings (SSSR count). The Bertz CT molecular complexity index is 578. The molecule has 0 bridgehead atoms. The molecule has 0 saturated carbocycles. The average Bonchev–Trinajstić information content (AvgIpc) is 2.89. The minimum Gasteiger partial charge on any atom is -0.465 e. The Morgan fingerprint density at radius 1 is 1.43 bits per heavy atom. The van der Waals surface area contributed by atoms with E-state index in [1.807, 2.05) is 26.0 Å². The number of hydrogen-bond donors (Lipinski definition) is 2. The summed E-state index contributed by atoms with van der Waals surface area (Å²) in [4.78, 5) is 15.4. The van der Waals surface area contributed by atoms with Gasteiger partial charge < -0.3 is 15.0 Å². The molecule has 1 atom stereocenters.